The minimum atomic E-state index is -4.12. The van der Waals surface area contributed by atoms with Gasteiger partial charge in [-0.2, -0.15) is 13.1 Å². The summed E-state index contributed by atoms with van der Waals surface area (Å²) >= 11 is 3.48. The molecular formula is C26H26N7O11S4+. The van der Waals surface area contributed by atoms with Crippen LogP contribution < -0.4 is 26.4 Å². The summed E-state index contributed by atoms with van der Waals surface area (Å²) in [6, 6.07) is 1.32. The molecule has 5 rings (SSSR count). The average molecular weight is 741 g/mol. The molecule has 254 valence electrons. The summed E-state index contributed by atoms with van der Waals surface area (Å²) in [7, 11) is -4.12. The lowest BCUT2D eigenvalue weighted by Crippen LogP contribution is -2.71. The third-order valence-corrected chi connectivity index (χ3v) is 10.9. The van der Waals surface area contributed by atoms with Crippen LogP contribution in [0.3, 0.4) is 0 Å². The molecule has 48 heavy (non-hydrogen) atoms. The first-order chi connectivity index (χ1) is 22.6. The fraction of sp³-hybridized carbons (Fsp3) is 0.269. The maximum atomic E-state index is 13.5. The van der Waals surface area contributed by atoms with Crippen LogP contribution in [-0.2, 0) is 31.0 Å². The number of carboxylic acids is 1. The molecule has 1 unspecified atom stereocenters. The zero-order valence-electron chi connectivity index (χ0n) is 24.2. The second kappa shape index (κ2) is 13.8. The van der Waals surface area contributed by atoms with Crippen LogP contribution in [0.2, 0.25) is 0 Å². The number of nitrogens with two attached hydrogens (primary N) is 1. The maximum Gasteiger partial charge on any atom is 0.352 e. The first-order valence-electron chi connectivity index (χ1n) is 13.6. The second-order valence-electron chi connectivity index (χ2n) is 10.3. The van der Waals surface area contributed by atoms with Crippen LogP contribution in [0.1, 0.15) is 22.2 Å². The van der Waals surface area contributed by atoms with Crippen molar-refractivity contribution >= 4 is 73.8 Å². The fourth-order valence-electron chi connectivity index (χ4n) is 4.71. The van der Waals surface area contributed by atoms with Gasteiger partial charge in [0.25, 0.3) is 21.9 Å². The van der Waals surface area contributed by atoms with E-state index in [4.69, 9.17) is 10.3 Å². The minimum absolute atomic E-state index is 0.0100. The molecule has 0 bridgehead atoms. The van der Waals surface area contributed by atoms with Gasteiger partial charge in [0.2, 0.25) is 11.3 Å². The van der Waals surface area contributed by atoms with Crippen molar-refractivity contribution in [1.82, 2.24) is 25.2 Å². The molecule has 3 aromatic heterocycles. The Labute approximate surface area is 283 Å². The number of thioether (sulfide) groups is 2. The molecule has 0 radical (unpaired) electrons. The average Bonchev–Trinajstić information content (AvgIpc) is 3.47. The highest BCUT2D eigenvalue weighted by Crippen LogP contribution is 2.41. The molecule has 8 N–H and O–H groups in total. The number of carbonyl (C=O) groups excluding carboxylic acids is 3. The van der Waals surface area contributed by atoms with E-state index in [2.05, 4.69) is 15.6 Å². The zero-order chi connectivity index (χ0) is 34.9. The lowest BCUT2D eigenvalue weighted by Gasteiger charge is -2.49. The Bertz CT molecular complexity index is 2000. The van der Waals surface area contributed by atoms with Crippen LogP contribution >= 0.6 is 34.9 Å². The number of anilines is 1. The SMILES string of the molecule is Nc1nc(C(NC(=O)c2cc(=O)c(O)cn2O)C(=O)N[C@@H]2C(=O)N3C(C(=O)O)=C(CSc4cc[n+](CCS(=O)(=O)O)cc4)CS[C@H]23)cs1. The lowest BCUT2D eigenvalue weighted by atomic mass is 10.0. The van der Waals surface area contributed by atoms with Crippen LogP contribution in [0.25, 0.3) is 0 Å². The summed E-state index contributed by atoms with van der Waals surface area (Å²) in [5.41, 5.74) is 4.37. The number of hydrogen-bond acceptors (Lipinski definition) is 14. The maximum absolute atomic E-state index is 13.5. The zero-order valence-corrected chi connectivity index (χ0v) is 27.5. The van der Waals surface area contributed by atoms with E-state index >= 15 is 0 Å². The number of aliphatic carboxylic acids is 1. The summed E-state index contributed by atoms with van der Waals surface area (Å²) < 4.78 is 32.6. The topological polar surface area (TPSA) is 275 Å². The number of rotatable bonds is 12. The van der Waals surface area contributed by atoms with Crippen molar-refractivity contribution in [3.63, 3.8) is 0 Å². The number of aromatic nitrogens is 3. The van der Waals surface area contributed by atoms with Gasteiger partial charge in [0.1, 0.15) is 28.6 Å². The summed E-state index contributed by atoms with van der Waals surface area (Å²) in [6.07, 6.45) is 3.82. The number of fused-ring (bicyclic) bond motifs is 1. The predicted molar refractivity (Wildman–Crippen MR) is 170 cm³/mol. The highest BCUT2D eigenvalue weighted by atomic mass is 32.2. The molecule has 3 aromatic rings. The minimum Gasteiger partial charge on any atom is -0.503 e. The van der Waals surface area contributed by atoms with E-state index in [1.807, 2.05) is 0 Å². The number of aryl methyl sites for hydroxylation is 1. The molecular weight excluding hydrogens is 715 g/mol. The van der Waals surface area contributed by atoms with E-state index in [9.17, 15) is 47.8 Å². The van der Waals surface area contributed by atoms with Crippen molar-refractivity contribution in [2.45, 2.75) is 28.9 Å². The number of nitrogens with zero attached hydrogens (tertiary/aromatic N) is 4. The highest BCUT2D eigenvalue weighted by Gasteiger charge is 2.54. The van der Waals surface area contributed by atoms with Gasteiger partial charge >= 0.3 is 5.97 Å². The Morgan fingerprint density at radius 2 is 1.94 bits per heavy atom. The Balaban J connectivity index is 1.28. The number of carboxylic acid groups (broad SMARTS) is 1. The molecule has 3 atom stereocenters. The fourth-order valence-corrected chi connectivity index (χ4v) is 8.11. The van der Waals surface area contributed by atoms with Crippen molar-refractivity contribution in [1.29, 1.82) is 0 Å². The Morgan fingerprint density at radius 1 is 1.23 bits per heavy atom. The van der Waals surface area contributed by atoms with Crippen molar-refractivity contribution in [2.75, 3.05) is 23.0 Å². The summed E-state index contributed by atoms with van der Waals surface area (Å²) in [6.45, 7) is 0.0409. The first kappa shape index (κ1) is 34.7. The van der Waals surface area contributed by atoms with E-state index in [0.29, 0.717) is 17.8 Å². The summed E-state index contributed by atoms with van der Waals surface area (Å²) in [5, 5.41) is 35.1. The number of amides is 3. The number of carbonyl (C=O) groups is 4. The monoisotopic (exact) mass is 740 g/mol. The molecule has 0 spiro atoms. The third-order valence-electron chi connectivity index (χ3n) is 7.05. The normalized spacial score (nSPS) is 18.1. The Morgan fingerprint density at radius 3 is 2.56 bits per heavy atom. The van der Waals surface area contributed by atoms with Crippen molar-refractivity contribution < 1.29 is 52.1 Å². The van der Waals surface area contributed by atoms with Crippen LogP contribution in [0, 0.1) is 0 Å². The number of thiazole rings is 1. The van der Waals surface area contributed by atoms with E-state index < -0.39 is 73.9 Å². The van der Waals surface area contributed by atoms with E-state index in [1.165, 1.54) is 28.9 Å². The van der Waals surface area contributed by atoms with Crippen LogP contribution in [0.5, 0.6) is 5.75 Å². The molecule has 5 heterocycles. The van der Waals surface area contributed by atoms with E-state index in [-0.39, 0.29) is 39.3 Å². The number of nitrogen functional groups attached to an aromatic ring is 1. The molecule has 0 aliphatic carbocycles. The molecule has 0 saturated carbocycles. The van der Waals surface area contributed by atoms with Gasteiger partial charge in [0.15, 0.2) is 35.9 Å². The van der Waals surface area contributed by atoms with Crippen LogP contribution in [-0.4, -0.2) is 95.4 Å². The lowest BCUT2D eigenvalue weighted by molar-refractivity contribution is -0.692. The standard InChI is InChI=1S/C26H25N7O11S4/c27-26-28-14(11-47-26)18(29-21(36)15-7-16(34)17(35)8-32(15)41)22(37)30-19-23(38)33-20(25(39)40)12(10-46-24(19)33)9-45-13-1-3-31(4-2-13)5-6-48(42,43)44/h1-4,7-8,11,18-19,24,41H,5-6,9-10H2,(H6-,27,28,29,30,35,36,37,39,40,42,43,44)/p+1/t18?,19-,24-/m1/s1. The van der Waals surface area contributed by atoms with Crippen molar-refractivity contribution in [3.05, 3.63) is 75.1 Å². The number of nitrogens with one attached hydrogen (secondary N) is 2. The van der Waals surface area contributed by atoms with E-state index in [1.54, 1.807) is 29.1 Å². The number of pyridine rings is 2. The molecule has 1 fully saturated rings. The van der Waals surface area contributed by atoms with Crippen molar-refractivity contribution in [2.24, 2.45) is 0 Å². The molecule has 22 heteroatoms. The number of hydrogen-bond donors (Lipinski definition) is 7. The van der Waals surface area contributed by atoms with Crippen LogP contribution in [0.4, 0.5) is 5.13 Å². The smallest absolute Gasteiger partial charge is 0.352 e. The van der Waals surface area contributed by atoms with Gasteiger partial charge < -0.3 is 31.8 Å². The molecule has 0 aromatic carbocycles. The van der Waals surface area contributed by atoms with Gasteiger partial charge in [-0.25, -0.2) is 14.3 Å². The first-order valence-corrected chi connectivity index (χ1v) is 18.1. The third kappa shape index (κ3) is 7.57. The van der Waals surface area contributed by atoms with Gasteiger partial charge in [-0.1, -0.05) is 0 Å². The summed E-state index contributed by atoms with van der Waals surface area (Å²) in [4.78, 5) is 69.7. The largest absolute Gasteiger partial charge is 0.503 e. The second-order valence-corrected chi connectivity index (χ2v) is 14.9. The van der Waals surface area contributed by atoms with E-state index in [0.717, 1.165) is 21.1 Å². The predicted octanol–water partition coefficient (Wildman–Crippen LogP) is -0.993. The molecule has 2 aliphatic heterocycles. The van der Waals surface area contributed by atoms with Gasteiger partial charge in [0.05, 0.1) is 11.9 Å². The number of aromatic hydroxyl groups is 1. The number of β-lactam (4-membered cyclic amide) rings is 1. The molecule has 1 saturated heterocycles. The highest BCUT2D eigenvalue weighted by molar-refractivity contribution is 8.01. The molecule has 3 amide bonds. The van der Waals surface area contributed by atoms with Gasteiger partial charge in [-0.15, -0.1) is 34.9 Å². The quantitative estimate of drug-likeness (QED) is 0.0386. The Hall–Kier alpha value is -4.64. The van der Waals surface area contributed by atoms with Gasteiger partial charge in [-0.05, 0) is 5.57 Å². The van der Waals surface area contributed by atoms with Crippen molar-refractivity contribution in [3.8, 4) is 5.75 Å². The Kier molecular flexibility index (Phi) is 10.0. The molecule has 2 aliphatic rings. The van der Waals surface area contributed by atoms with Crippen LogP contribution in [0.15, 0.2) is 63.1 Å². The summed E-state index contributed by atoms with van der Waals surface area (Å²) in [5.74, 6) is -4.89. The van der Waals surface area contributed by atoms with Gasteiger partial charge in [-0.3, -0.25) is 28.6 Å². The molecule has 18 nitrogen and oxygen atoms in total. The van der Waals surface area contributed by atoms with Gasteiger partial charge in [0, 0.05) is 40.0 Å².